The fourth-order valence-corrected chi connectivity index (χ4v) is 1.72. The Morgan fingerprint density at radius 2 is 1.84 bits per heavy atom. The average Bonchev–Trinajstić information content (AvgIpc) is 2.41. The third-order valence-corrected chi connectivity index (χ3v) is 2.79. The van der Waals surface area contributed by atoms with Gasteiger partial charge in [-0.3, -0.25) is 0 Å². The van der Waals surface area contributed by atoms with Gasteiger partial charge in [-0.15, -0.1) is 0 Å². The van der Waals surface area contributed by atoms with E-state index in [2.05, 4.69) is 0 Å². The Morgan fingerprint density at radius 1 is 1.16 bits per heavy atom. The van der Waals surface area contributed by atoms with Crippen LogP contribution in [-0.4, -0.2) is 7.11 Å². The summed E-state index contributed by atoms with van der Waals surface area (Å²) in [6.07, 6.45) is 0. The largest absolute Gasteiger partial charge is 0.497 e. The topological polar surface area (TPSA) is 44.5 Å². The second kappa shape index (κ2) is 5.61. The molecule has 0 atom stereocenters. The van der Waals surface area contributed by atoms with Crippen LogP contribution in [0.4, 0.5) is 10.1 Å². The Kier molecular flexibility index (Phi) is 3.90. The predicted molar refractivity (Wildman–Crippen MR) is 72.9 cm³/mol. The summed E-state index contributed by atoms with van der Waals surface area (Å²) >= 11 is 0. The zero-order valence-electron chi connectivity index (χ0n) is 10.9. The van der Waals surface area contributed by atoms with Gasteiger partial charge < -0.3 is 15.2 Å². The summed E-state index contributed by atoms with van der Waals surface area (Å²) in [5.41, 5.74) is 7.42. The second-order valence-corrected chi connectivity index (χ2v) is 4.30. The molecule has 0 amide bonds. The van der Waals surface area contributed by atoms with Gasteiger partial charge in [0.2, 0.25) is 0 Å². The SMILES string of the molecule is COc1ccc(COc2cc(C)cc(F)c2N)cc1. The first-order chi connectivity index (χ1) is 9.10. The van der Waals surface area contributed by atoms with Crippen LogP contribution < -0.4 is 15.2 Å². The zero-order valence-corrected chi connectivity index (χ0v) is 10.9. The lowest BCUT2D eigenvalue weighted by atomic mass is 10.2. The quantitative estimate of drug-likeness (QED) is 0.859. The van der Waals surface area contributed by atoms with E-state index in [1.54, 1.807) is 20.1 Å². The van der Waals surface area contributed by atoms with Gasteiger partial charge in [0.1, 0.15) is 29.6 Å². The van der Waals surface area contributed by atoms with Crippen LogP contribution in [0.3, 0.4) is 0 Å². The number of hydrogen-bond donors (Lipinski definition) is 1. The molecule has 0 fully saturated rings. The van der Waals surface area contributed by atoms with Crippen molar-refractivity contribution in [2.75, 3.05) is 12.8 Å². The maximum Gasteiger partial charge on any atom is 0.150 e. The number of methoxy groups -OCH3 is 1. The molecule has 3 nitrogen and oxygen atoms in total. The monoisotopic (exact) mass is 261 g/mol. The summed E-state index contributed by atoms with van der Waals surface area (Å²) in [7, 11) is 1.61. The molecule has 0 aliphatic heterocycles. The Bertz CT molecular complexity index is 567. The molecule has 0 saturated heterocycles. The van der Waals surface area contributed by atoms with Crippen molar-refractivity contribution in [1.82, 2.24) is 0 Å². The molecule has 2 aromatic rings. The van der Waals surface area contributed by atoms with Crippen molar-refractivity contribution >= 4 is 5.69 Å². The predicted octanol–water partition coefficient (Wildman–Crippen LogP) is 3.30. The highest BCUT2D eigenvalue weighted by Crippen LogP contribution is 2.27. The minimum Gasteiger partial charge on any atom is -0.497 e. The van der Waals surface area contributed by atoms with E-state index in [-0.39, 0.29) is 5.69 Å². The third kappa shape index (κ3) is 3.16. The van der Waals surface area contributed by atoms with Crippen LogP contribution in [-0.2, 0) is 6.61 Å². The maximum atomic E-state index is 13.4. The first-order valence-electron chi connectivity index (χ1n) is 5.91. The van der Waals surface area contributed by atoms with Gasteiger partial charge in [-0.25, -0.2) is 4.39 Å². The number of rotatable bonds is 4. The molecule has 0 aromatic heterocycles. The van der Waals surface area contributed by atoms with Crippen molar-refractivity contribution in [2.24, 2.45) is 0 Å². The highest BCUT2D eigenvalue weighted by Gasteiger charge is 2.07. The van der Waals surface area contributed by atoms with E-state index in [0.29, 0.717) is 12.4 Å². The molecule has 0 radical (unpaired) electrons. The number of aryl methyl sites for hydroxylation is 1. The van der Waals surface area contributed by atoms with Gasteiger partial charge in [-0.2, -0.15) is 0 Å². The van der Waals surface area contributed by atoms with Gasteiger partial charge in [-0.05, 0) is 42.3 Å². The molecule has 0 heterocycles. The summed E-state index contributed by atoms with van der Waals surface area (Å²) in [4.78, 5) is 0. The fraction of sp³-hybridized carbons (Fsp3) is 0.200. The molecule has 2 aromatic carbocycles. The second-order valence-electron chi connectivity index (χ2n) is 4.30. The van der Waals surface area contributed by atoms with Crippen molar-refractivity contribution in [3.05, 3.63) is 53.3 Å². The van der Waals surface area contributed by atoms with E-state index in [0.717, 1.165) is 16.9 Å². The number of nitrogens with two attached hydrogens (primary N) is 1. The van der Waals surface area contributed by atoms with Gasteiger partial charge in [0.25, 0.3) is 0 Å². The first kappa shape index (κ1) is 13.2. The molecule has 2 rings (SSSR count). The van der Waals surface area contributed by atoms with Crippen LogP contribution in [0.15, 0.2) is 36.4 Å². The zero-order chi connectivity index (χ0) is 13.8. The van der Waals surface area contributed by atoms with Gasteiger partial charge >= 0.3 is 0 Å². The fourth-order valence-electron chi connectivity index (χ4n) is 1.72. The standard InChI is InChI=1S/C15H16FNO2/c1-10-7-13(16)15(17)14(8-10)19-9-11-3-5-12(18-2)6-4-11/h3-8H,9,17H2,1-2H3. The van der Waals surface area contributed by atoms with Crippen LogP contribution in [0.5, 0.6) is 11.5 Å². The van der Waals surface area contributed by atoms with Gasteiger partial charge in [0.15, 0.2) is 0 Å². The normalized spacial score (nSPS) is 10.3. The molecule has 0 bridgehead atoms. The summed E-state index contributed by atoms with van der Waals surface area (Å²) in [5.74, 6) is 0.697. The van der Waals surface area contributed by atoms with Crippen LogP contribution in [0.2, 0.25) is 0 Å². The van der Waals surface area contributed by atoms with Gasteiger partial charge in [-0.1, -0.05) is 12.1 Å². The molecule has 2 N–H and O–H groups in total. The number of nitrogen functional groups attached to an aromatic ring is 1. The van der Waals surface area contributed by atoms with Crippen molar-refractivity contribution in [3.8, 4) is 11.5 Å². The summed E-state index contributed by atoms with van der Waals surface area (Å²) in [5, 5.41) is 0. The van der Waals surface area contributed by atoms with Crippen molar-refractivity contribution in [2.45, 2.75) is 13.5 Å². The molecule has 0 saturated carbocycles. The summed E-state index contributed by atoms with van der Waals surface area (Å²) < 4.78 is 24.1. The number of anilines is 1. The lowest BCUT2D eigenvalue weighted by Crippen LogP contribution is -2.01. The molecular formula is C15H16FNO2. The van der Waals surface area contributed by atoms with Crippen molar-refractivity contribution in [3.63, 3.8) is 0 Å². The molecule has 4 heteroatoms. The molecule has 100 valence electrons. The maximum absolute atomic E-state index is 13.4. The third-order valence-electron chi connectivity index (χ3n) is 2.79. The molecule has 0 spiro atoms. The minimum atomic E-state index is -0.454. The Labute approximate surface area is 111 Å². The van der Waals surface area contributed by atoms with Crippen LogP contribution >= 0.6 is 0 Å². The number of halogens is 1. The molecule has 19 heavy (non-hydrogen) atoms. The first-order valence-corrected chi connectivity index (χ1v) is 5.91. The van der Waals surface area contributed by atoms with E-state index < -0.39 is 5.82 Å². The highest BCUT2D eigenvalue weighted by atomic mass is 19.1. The summed E-state index contributed by atoms with van der Waals surface area (Å²) in [6, 6.07) is 10.6. The van der Waals surface area contributed by atoms with Crippen molar-refractivity contribution < 1.29 is 13.9 Å². The van der Waals surface area contributed by atoms with Gasteiger partial charge in [0.05, 0.1) is 7.11 Å². The van der Waals surface area contributed by atoms with E-state index >= 15 is 0 Å². The smallest absolute Gasteiger partial charge is 0.150 e. The van der Waals surface area contributed by atoms with Crippen LogP contribution in [0, 0.1) is 12.7 Å². The Hall–Kier alpha value is -2.23. The minimum absolute atomic E-state index is 0.0408. The lowest BCUT2D eigenvalue weighted by molar-refractivity contribution is 0.306. The van der Waals surface area contributed by atoms with Crippen LogP contribution in [0.1, 0.15) is 11.1 Å². The van der Waals surface area contributed by atoms with E-state index in [4.69, 9.17) is 15.2 Å². The van der Waals surface area contributed by atoms with Crippen molar-refractivity contribution in [1.29, 1.82) is 0 Å². The Morgan fingerprint density at radius 3 is 2.47 bits per heavy atom. The molecule has 0 aliphatic carbocycles. The number of hydrogen-bond acceptors (Lipinski definition) is 3. The van der Waals surface area contributed by atoms with E-state index in [1.165, 1.54) is 6.07 Å². The van der Waals surface area contributed by atoms with E-state index in [9.17, 15) is 4.39 Å². The summed E-state index contributed by atoms with van der Waals surface area (Å²) in [6.45, 7) is 2.12. The molecule has 0 aliphatic rings. The van der Waals surface area contributed by atoms with Crippen LogP contribution in [0.25, 0.3) is 0 Å². The number of ether oxygens (including phenoxy) is 2. The number of benzene rings is 2. The Balaban J connectivity index is 2.09. The average molecular weight is 261 g/mol. The van der Waals surface area contributed by atoms with Gasteiger partial charge in [0, 0.05) is 0 Å². The molecular weight excluding hydrogens is 245 g/mol. The molecule has 0 unspecified atom stereocenters. The lowest BCUT2D eigenvalue weighted by Gasteiger charge is -2.11. The van der Waals surface area contributed by atoms with E-state index in [1.807, 2.05) is 24.3 Å². The highest BCUT2D eigenvalue weighted by molar-refractivity contribution is 5.55.